The maximum atomic E-state index is 12.1. The molecule has 0 bridgehead atoms. The van der Waals surface area contributed by atoms with Crippen LogP contribution in [0, 0.1) is 17.2 Å². The van der Waals surface area contributed by atoms with Gasteiger partial charge in [-0.2, -0.15) is 5.26 Å². The van der Waals surface area contributed by atoms with E-state index in [0.717, 1.165) is 18.2 Å². The van der Waals surface area contributed by atoms with Gasteiger partial charge in [-0.15, -0.1) is 0 Å². The van der Waals surface area contributed by atoms with Crippen LogP contribution in [-0.4, -0.2) is 30.4 Å². The third-order valence-corrected chi connectivity index (χ3v) is 3.57. The molecule has 1 unspecified atom stereocenters. The van der Waals surface area contributed by atoms with Gasteiger partial charge in [0.2, 0.25) is 5.91 Å². The van der Waals surface area contributed by atoms with Gasteiger partial charge in [0.25, 0.3) is 0 Å². The van der Waals surface area contributed by atoms with Gasteiger partial charge in [-0.3, -0.25) is 9.69 Å². The second-order valence-corrected chi connectivity index (χ2v) is 5.24. The average Bonchev–Trinajstić information content (AvgIpc) is 3.22. The summed E-state index contributed by atoms with van der Waals surface area (Å²) >= 11 is 0. The zero-order valence-corrected chi connectivity index (χ0v) is 11.4. The van der Waals surface area contributed by atoms with Crippen LogP contribution >= 0.6 is 0 Å². The summed E-state index contributed by atoms with van der Waals surface area (Å²) in [4.78, 5) is 14.2. The molecule has 0 aromatic heterocycles. The minimum atomic E-state index is -0.142. The third-order valence-electron chi connectivity index (χ3n) is 3.57. The van der Waals surface area contributed by atoms with E-state index in [1.165, 1.54) is 12.8 Å². The Morgan fingerprint density at radius 3 is 2.63 bits per heavy atom. The molecule has 1 saturated carbocycles. The Labute approximate surface area is 114 Å². The fraction of sp³-hybridized carbons (Fsp3) is 0.467. The van der Waals surface area contributed by atoms with E-state index in [4.69, 9.17) is 5.26 Å². The monoisotopic (exact) mass is 257 g/mol. The van der Waals surface area contributed by atoms with E-state index in [1.54, 1.807) is 24.3 Å². The summed E-state index contributed by atoms with van der Waals surface area (Å²) in [7, 11) is 1.99. The molecule has 1 aliphatic carbocycles. The van der Waals surface area contributed by atoms with Crippen LogP contribution < -0.4 is 5.32 Å². The predicted octanol–water partition coefficient (Wildman–Crippen LogP) is 2.23. The van der Waals surface area contributed by atoms with Gasteiger partial charge >= 0.3 is 0 Å². The van der Waals surface area contributed by atoms with Crippen molar-refractivity contribution in [2.75, 3.05) is 18.9 Å². The highest BCUT2D eigenvalue weighted by Gasteiger charge is 2.26. The van der Waals surface area contributed by atoms with Gasteiger partial charge in [0.1, 0.15) is 0 Å². The SMILES string of the molecule is CC(C(=O)Nc1ccc(C#N)cc1)N(C)CC1CC1. The molecular weight excluding hydrogens is 238 g/mol. The molecule has 2 rings (SSSR count). The number of anilines is 1. The lowest BCUT2D eigenvalue weighted by Crippen LogP contribution is -2.40. The van der Waals surface area contributed by atoms with Gasteiger partial charge in [-0.25, -0.2) is 0 Å². The lowest BCUT2D eigenvalue weighted by atomic mass is 10.2. The number of nitriles is 1. The van der Waals surface area contributed by atoms with Crippen molar-refractivity contribution >= 4 is 11.6 Å². The zero-order valence-electron chi connectivity index (χ0n) is 11.4. The molecule has 100 valence electrons. The molecule has 0 spiro atoms. The number of carbonyl (C=O) groups excluding carboxylic acids is 1. The molecule has 19 heavy (non-hydrogen) atoms. The average molecular weight is 257 g/mol. The van der Waals surface area contributed by atoms with Gasteiger partial charge in [0.05, 0.1) is 17.7 Å². The molecule has 4 heteroatoms. The van der Waals surface area contributed by atoms with Gasteiger partial charge in [-0.1, -0.05) is 0 Å². The first-order valence-electron chi connectivity index (χ1n) is 6.61. The fourth-order valence-electron chi connectivity index (χ4n) is 1.94. The van der Waals surface area contributed by atoms with E-state index >= 15 is 0 Å². The quantitative estimate of drug-likeness (QED) is 0.880. The van der Waals surface area contributed by atoms with Gasteiger partial charge in [-0.05, 0) is 57.0 Å². The molecule has 0 saturated heterocycles. The van der Waals surface area contributed by atoms with Gasteiger partial charge in [0.15, 0.2) is 0 Å². The van der Waals surface area contributed by atoms with Crippen LogP contribution in [0.25, 0.3) is 0 Å². The Balaban J connectivity index is 1.89. The molecular formula is C15H19N3O. The molecule has 1 aliphatic rings. The van der Waals surface area contributed by atoms with E-state index < -0.39 is 0 Å². The second-order valence-electron chi connectivity index (χ2n) is 5.24. The Morgan fingerprint density at radius 1 is 1.47 bits per heavy atom. The minimum Gasteiger partial charge on any atom is -0.325 e. The molecule has 1 aromatic rings. The smallest absolute Gasteiger partial charge is 0.241 e. The minimum absolute atomic E-state index is 0.00661. The normalized spacial score (nSPS) is 15.9. The summed E-state index contributed by atoms with van der Waals surface area (Å²) in [5.74, 6) is 0.767. The molecule has 0 aliphatic heterocycles. The third kappa shape index (κ3) is 3.80. The van der Waals surface area contributed by atoms with Gasteiger partial charge < -0.3 is 5.32 Å². The Morgan fingerprint density at radius 2 is 2.11 bits per heavy atom. The summed E-state index contributed by atoms with van der Waals surface area (Å²) in [6, 6.07) is 8.83. The van der Waals surface area contributed by atoms with Crippen molar-refractivity contribution in [3.05, 3.63) is 29.8 Å². The van der Waals surface area contributed by atoms with Crippen LogP contribution in [0.2, 0.25) is 0 Å². The summed E-state index contributed by atoms with van der Waals surface area (Å²) in [5, 5.41) is 11.6. The number of likely N-dealkylation sites (N-methyl/N-ethyl adjacent to an activating group) is 1. The number of hydrogen-bond donors (Lipinski definition) is 1. The highest BCUT2D eigenvalue weighted by Crippen LogP contribution is 2.29. The lowest BCUT2D eigenvalue weighted by molar-refractivity contribution is -0.120. The molecule has 0 heterocycles. The standard InChI is InChI=1S/C15H19N3O/c1-11(18(2)10-13-3-4-13)15(19)17-14-7-5-12(9-16)6-8-14/h5-8,11,13H,3-4,10H2,1-2H3,(H,17,19). The van der Waals surface area contributed by atoms with E-state index in [0.29, 0.717) is 5.56 Å². The second kappa shape index (κ2) is 5.85. The molecule has 1 N–H and O–H groups in total. The number of benzene rings is 1. The Hall–Kier alpha value is -1.86. The first-order valence-corrected chi connectivity index (χ1v) is 6.61. The number of nitrogens with one attached hydrogen (secondary N) is 1. The van der Waals surface area contributed by atoms with Crippen LogP contribution in [0.4, 0.5) is 5.69 Å². The number of carbonyl (C=O) groups is 1. The fourth-order valence-corrected chi connectivity index (χ4v) is 1.94. The van der Waals surface area contributed by atoms with E-state index in [1.807, 2.05) is 14.0 Å². The summed E-state index contributed by atoms with van der Waals surface area (Å²) in [6.45, 7) is 2.91. The molecule has 1 aromatic carbocycles. The first-order chi connectivity index (χ1) is 9.10. The number of amides is 1. The van der Waals surface area contributed by atoms with Crippen molar-refractivity contribution in [3.63, 3.8) is 0 Å². The van der Waals surface area contributed by atoms with Crippen molar-refractivity contribution in [2.24, 2.45) is 5.92 Å². The van der Waals surface area contributed by atoms with E-state index in [2.05, 4.69) is 16.3 Å². The van der Waals surface area contributed by atoms with Crippen LogP contribution in [-0.2, 0) is 4.79 Å². The number of hydrogen-bond acceptors (Lipinski definition) is 3. The molecule has 0 radical (unpaired) electrons. The van der Waals surface area contributed by atoms with Gasteiger partial charge in [0, 0.05) is 12.2 Å². The topological polar surface area (TPSA) is 56.1 Å². The van der Waals surface area contributed by atoms with Crippen molar-refractivity contribution in [1.29, 1.82) is 5.26 Å². The number of nitrogens with zero attached hydrogens (tertiary/aromatic N) is 2. The first kappa shape index (κ1) is 13.6. The highest BCUT2D eigenvalue weighted by molar-refractivity contribution is 5.94. The highest BCUT2D eigenvalue weighted by atomic mass is 16.2. The molecule has 1 amide bonds. The van der Waals surface area contributed by atoms with Crippen molar-refractivity contribution in [1.82, 2.24) is 4.90 Å². The molecule has 1 atom stereocenters. The summed E-state index contributed by atoms with van der Waals surface area (Å²) in [6.07, 6.45) is 2.57. The maximum Gasteiger partial charge on any atom is 0.241 e. The van der Waals surface area contributed by atoms with Crippen LogP contribution in [0.1, 0.15) is 25.3 Å². The molecule has 4 nitrogen and oxygen atoms in total. The Kier molecular flexibility index (Phi) is 4.18. The predicted molar refractivity (Wildman–Crippen MR) is 74.6 cm³/mol. The number of rotatable bonds is 5. The lowest BCUT2D eigenvalue weighted by Gasteiger charge is -2.23. The van der Waals surface area contributed by atoms with Crippen LogP contribution in [0.5, 0.6) is 0 Å². The van der Waals surface area contributed by atoms with Crippen molar-refractivity contribution < 1.29 is 4.79 Å². The largest absolute Gasteiger partial charge is 0.325 e. The van der Waals surface area contributed by atoms with Crippen molar-refractivity contribution in [3.8, 4) is 6.07 Å². The molecule has 1 fully saturated rings. The van der Waals surface area contributed by atoms with Crippen molar-refractivity contribution in [2.45, 2.75) is 25.8 Å². The van der Waals surface area contributed by atoms with E-state index in [9.17, 15) is 4.79 Å². The maximum absolute atomic E-state index is 12.1. The van der Waals surface area contributed by atoms with Crippen LogP contribution in [0.15, 0.2) is 24.3 Å². The Bertz CT molecular complexity index is 485. The zero-order chi connectivity index (χ0) is 13.8. The summed E-state index contributed by atoms with van der Waals surface area (Å²) in [5.41, 5.74) is 1.33. The van der Waals surface area contributed by atoms with Crippen LogP contribution in [0.3, 0.4) is 0 Å². The van der Waals surface area contributed by atoms with E-state index in [-0.39, 0.29) is 11.9 Å². The summed E-state index contributed by atoms with van der Waals surface area (Å²) < 4.78 is 0.